The number of aliphatic carboxylic acids is 1. The molecule has 0 aromatic heterocycles. The van der Waals surface area contributed by atoms with Crippen LogP contribution in [-0.4, -0.2) is 23.2 Å². The number of hydrogen-bond acceptors (Lipinski definition) is 2. The van der Waals surface area contributed by atoms with Gasteiger partial charge in [0, 0.05) is 6.42 Å². The maximum Gasteiger partial charge on any atom is 0.324 e. The van der Waals surface area contributed by atoms with Gasteiger partial charge in [0.1, 0.15) is 5.54 Å². The van der Waals surface area contributed by atoms with Crippen LogP contribution in [0.3, 0.4) is 0 Å². The van der Waals surface area contributed by atoms with Crippen molar-refractivity contribution in [3.8, 4) is 0 Å². The van der Waals surface area contributed by atoms with Gasteiger partial charge in [-0.3, -0.25) is 4.79 Å². The monoisotopic (exact) mass is 219 g/mol. The molecule has 1 aromatic rings. The van der Waals surface area contributed by atoms with Gasteiger partial charge in [-0.1, -0.05) is 29.8 Å². The van der Waals surface area contributed by atoms with Gasteiger partial charge in [0.25, 0.3) is 0 Å². The molecule has 1 aliphatic heterocycles. The molecule has 1 atom stereocenters. The third kappa shape index (κ3) is 2.09. The Morgan fingerprint density at radius 3 is 2.62 bits per heavy atom. The third-order valence-corrected chi connectivity index (χ3v) is 3.28. The van der Waals surface area contributed by atoms with Crippen molar-refractivity contribution in [2.75, 3.05) is 6.54 Å². The minimum absolute atomic E-state index is 0.572. The average Bonchev–Trinajstić information content (AvgIpc) is 2.71. The highest BCUT2D eigenvalue weighted by Gasteiger charge is 2.40. The first-order valence-electron chi connectivity index (χ1n) is 5.66. The molecule has 3 heteroatoms. The quantitative estimate of drug-likeness (QED) is 0.814. The fraction of sp³-hybridized carbons (Fsp3) is 0.462. The molecular formula is C13H17NO2. The Labute approximate surface area is 95.5 Å². The van der Waals surface area contributed by atoms with Gasteiger partial charge in [0.05, 0.1) is 0 Å². The van der Waals surface area contributed by atoms with Crippen LogP contribution >= 0.6 is 0 Å². The Morgan fingerprint density at radius 1 is 1.44 bits per heavy atom. The fourth-order valence-corrected chi connectivity index (χ4v) is 2.27. The van der Waals surface area contributed by atoms with E-state index in [-0.39, 0.29) is 0 Å². The number of nitrogens with one attached hydrogen (secondary N) is 1. The van der Waals surface area contributed by atoms with Crippen LogP contribution in [0.2, 0.25) is 0 Å². The van der Waals surface area contributed by atoms with Gasteiger partial charge in [0.15, 0.2) is 0 Å². The van der Waals surface area contributed by atoms with Crippen LogP contribution in [0.25, 0.3) is 0 Å². The molecule has 1 aromatic carbocycles. The zero-order chi connectivity index (χ0) is 11.6. The maximum absolute atomic E-state index is 11.3. The molecule has 86 valence electrons. The van der Waals surface area contributed by atoms with Crippen molar-refractivity contribution in [1.29, 1.82) is 0 Å². The Bertz CT molecular complexity index is 377. The van der Waals surface area contributed by atoms with Gasteiger partial charge in [-0.05, 0) is 31.9 Å². The molecule has 0 unspecified atom stereocenters. The second-order valence-electron chi connectivity index (χ2n) is 4.58. The van der Waals surface area contributed by atoms with Crippen LogP contribution in [0.4, 0.5) is 0 Å². The first-order valence-corrected chi connectivity index (χ1v) is 5.66. The van der Waals surface area contributed by atoms with E-state index in [0.29, 0.717) is 6.42 Å². The second kappa shape index (κ2) is 4.26. The van der Waals surface area contributed by atoms with Crippen molar-refractivity contribution in [3.05, 3.63) is 35.4 Å². The molecule has 1 heterocycles. The van der Waals surface area contributed by atoms with Crippen LogP contribution in [0.15, 0.2) is 24.3 Å². The number of carboxylic acids is 1. The van der Waals surface area contributed by atoms with E-state index < -0.39 is 11.5 Å². The Kier molecular flexibility index (Phi) is 2.97. The Hall–Kier alpha value is -1.35. The van der Waals surface area contributed by atoms with Crippen molar-refractivity contribution < 1.29 is 9.90 Å². The minimum Gasteiger partial charge on any atom is -0.480 e. The number of benzene rings is 1. The summed E-state index contributed by atoms with van der Waals surface area (Å²) in [5.74, 6) is -0.731. The molecular weight excluding hydrogens is 202 g/mol. The average molecular weight is 219 g/mol. The van der Waals surface area contributed by atoms with Crippen molar-refractivity contribution >= 4 is 5.97 Å². The van der Waals surface area contributed by atoms with Gasteiger partial charge in [0.2, 0.25) is 0 Å². The van der Waals surface area contributed by atoms with Crippen molar-refractivity contribution in [2.45, 2.75) is 31.7 Å². The van der Waals surface area contributed by atoms with Crippen LogP contribution in [0, 0.1) is 6.92 Å². The third-order valence-electron chi connectivity index (χ3n) is 3.28. The maximum atomic E-state index is 11.3. The molecule has 2 N–H and O–H groups in total. The molecule has 0 bridgehead atoms. The van der Waals surface area contributed by atoms with Crippen LogP contribution < -0.4 is 5.32 Å². The summed E-state index contributed by atoms with van der Waals surface area (Å²) in [5.41, 5.74) is 1.55. The van der Waals surface area contributed by atoms with E-state index >= 15 is 0 Å². The molecule has 1 saturated heterocycles. The SMILES string of the molecule is Cc1ccc(C[C@@]2(C(=O)O)CCCN2)cc1. The first-order chi connectivity index (χ1) is 7.62. The normalized spacial score (nSPS) is 24.6. The van der Waals surface area contributed by atoms with Crippen LogP contribution in [0.5, 0.6) is 0 Å². The number of aryl methyl sites for hydroxylation is 1. The topological polar surface area (TPSA) is 49.3 Å². The van der Waals surface area contributed by atoms with Gasteiger partial charge in [-0.2, -0.15) is 0 Å². The molecule has 0 saturated carbocycles. The summed E-state index contributed by atoms with van der Waals surface area (Å²) in [6, 6.07) is 8.08. The summed E-state index contributed by atoms with van der Waals surface area (Å²) in [6.07, 6.45) is 2.23. The number of carboxylic acid groups (broad SMARTS) is 1. The lowest BCUT2D eigenvalue weighted by Crippen LogP contribution is -2.49. The molecule has 0 aliphatic carbocycles. The lowest BCUT2D eigenvalue weighted by molar-refractivity contribution is -0.144. The van der Waals surface area contributed by atoms with Crippen molar-refractivity contribution in [3.63, 3.8) is 0 Å². The smallest absolute Gasteiger partial charge is 0.324 e. The van der Waals surface area contributed by atoms with Gasteiger partial charge in [-0.15, -0.1) is 0 Å². The van der Waals surface area contributed by atoms with E-state index in [1.807, 2.05) is 31.2 Å². The van der Waals surface area contributed by atoms with E-state index in [9.17, 15) is 9.90 Å². The van der Waals surface area contributed by atoms with Gasteiger partial charge >= 0.3 is 5.97 Å². The number of hydrogen-bond donors (Lipinski definition) is 2. The van der Waals surface area contributed by atoms with E-state index in [2.05, 4.69) is 5.32 Å². The molecule has 3 nitrogen and oxygen atoms in total. The lowest BCUT2D eigenvalue weighted by atomic mass is 9.89. The summed E-state index contributed by atoms with van der Waals surface area (Å²) in [6.45, 7) is 2.84. The molecule has 2 rings (SSSR count). The summed E-state index contributed by atoms with van der Waals surface area (Å²) in [5, 5.41) is 12.5. The van der Waals surface area contributed by atoms with E-state index in [0.717, 1.165) is 24.9 Å². The highest BCUT2D eigenvalue weighted by molar-refractivity contribution is 5.79. The molecule has 0 radical (unpaired) electrons. The number of rotatable bonds is 3. The standard InChI is InChI=1S/C13H17NO2/c1-10-3-5-11(6-4-10)9-13(12(15)16)7-2-8-14-13/h3-6,14H,2,7-9H2,1H3,(H,15,16)/t13-/m1/s1. The summed E-state index contributed by atoms with van der Waals surface area (Å²) in [7, 11) is 0. The zero-order valence-electron chi connectivity index (χ0n) is 9.49. The van der Waals surface area contributed by atoms with Gasteiger partial charge < -0.3 is 10.4 Å². The van der Waals surface area contributed by atoms with Crippen molar-refractivity contribution in [2.24, 2.45) is 0 Å². The summed E-state index contributed by atoms with van der Waals surface area (Å²) >= 11 is 0. The lowest BCUT2D eigenvalue weighted by Gasteiger charge is -2.24. The minimum atomic E-state index is -0.741. The summed E-state index contributed by atoms with van der Waals surface area (Å²) < 4.78 is 0. The molecule has 1 fully saturated rings. The van der Waals surface area contributed by atoms with Gasteiger partial charge in [-0.25, -0.2) is 0 Å². The fourth-order valence-electron chi connectivity index (χ4n) is 2.27. The highest BCUT2D eigenvalue weighted by Crippen LogP contribution is 2.24. The Balaban J connectivity index is 2.18. The van der Waals surface area contributed by atoms with Crippen LogP contribution in [0.1, 0.15) is 24.0 Å². The largest absolute Gasteiger partial charge is 0.480 e. The van der Waals surface area contributed by atoms with E-state index in [1.165, 1.54) is 5.56 Å². The van der Waals surface area contributed by atoms with E-state index in [4.69, 9.17) is 0 Å². The van der Waals surface area contributed by atoms with Crippen LogP contribution in [-0.2, 0) is 11.2 Å². The highest BCUT2D eigenvalue weighted by atomic mass is 16.4. The molecule has 0 spiro atoms. The van der Waals surface area contributed by atoms with E-state index in [1.54, 1.807) is 0 Å². The van der Waals surface area contributed by atoms with Crippen molar-refractivity contribution in [1.82, 2.24) is 5.32 Å². The molecule has 1 aliphatic rings. The molecule has 16 heavy (non-hydrogen) atoms. The molecule has 0 amide bonds. The summed E-state index contributed by atoms with van der Waals surface area (Å²) in [4.78, 5) is 11.3. The predicted molar refractivity (Wildman–Crippen MR) is 62.5 cm³/mol. The second-order valence-corrected chi connectivity index (χ2v) is 4.58. The zero-order valence-corrected chi connectivity index (χ0v) is 9.49. The Morgan fingerprint density at radius 2 is 2.12 bits per heavy atom. The first kappa shape index (κ1) is 11.1. The number of carbonyl (C=O) groups is 1. The predicted octanol–water partition coefficient (Wildman–Crippen LogP) is 1.74.